The zero-order valence-corrected chi connectivity index (χ0v) is 21.9. The molecule has 6 rings (SSSR count). The third kappa shape index (κ3) is 4.94. The molecule has 9 heteroatoms. The number of nitrogens with zero attached hydrogens (tertiary/aromatic N) is 6. The van der Waals surface area contributed by atoms with Crippen molar-refractivity contribution in [2.75, 3.05) is 56.2 Å². The zero-order valence-electron chi connectivity index (χ0n) is 21.9. The molecule has 0 bridgehead atoms. The molecule has 0 radical (unpaired) electrons. The largest absolute Gasteiger partial charge is 0.508 e. The molecule has 2 fully saturated rings. The van der Waals surface area contributed by atoms with Gasteiger partial charge in [0.1, 0.15) is 18.2 Å². The molecule has 9 nitrogen and oxygen atoms in total. The lowest BCUT2D eigenvalue weighted by Crippen LogP contribution is -2.51. The highest BCUT2D eigenvalue weighted by molar-refractivity contribution is 5.95. The van der Waals surface area contributed by atoms with Gasteiger partial charge in [-0.05, 0) is 44.3 Å². The first-order valence-electron chi connectivity index (χ1n) is 13.6. The van der Waals surface area contributed by atoms with Gasteiger partial charge in [-0.2, -0.15) is 15.2 Å². The van der Waals surface area contributed by atoms with Crippen LogP contribution in [0.5, 0.6) is 11.8 Å². The van der Waals surface area contributed by atoms with Gasteiger partial charge in [0.05, 0.1) is 24.7 Å². The number of phenolic OH excluding ortho intramolecular Hbond substituents is 1. The van der Waals surface area contributed by atoms with Crippen LogP contribution >= 0.6 is 0 Å². The SMILES string of the molecule is CN1CCCC1COc1nc2c(c(N3CCNC(CC#N)C3)n1)CCN(c1cc(O)cc3ccccc13)C2. The lowest BCUT2D eigenvalue weighted by atomic mass is 10.0. The standard InChI is InChI=1S/C29H35N7O2/c1-34-12-4-6-22(34)19-38-29-32-26-18-35(27-16-23(37)15-20-5-2-3-7-24(20)27)13-9-25(26)28(33-29)36-14-11-31-21(17-36)8-10-30/h2-3,5,7,15-16,21-22,31,37H,4,6,8-9,11-14,17-19H2,1H3. The Morgan fingerprint density at radius 1 is 1.16 bits per heavy atom. The average Bonchev–Trinajstić information content (AvgIpc) is 3.35. The van der Waals surface area contributed by atoms with Crippen molar-refractivity contribution >= 4 is 22.3 Å². The van der Waals surface area contributed by atoms with E-state index in [9.17, 15) is 10.4 Å². The maximum Gasteiger partial charge on any atom is 0.318 e. The zero-order chi connectivity index (χ0) is 26.1. The number of phenols is 1. The Hall–Kier alpha value is -3.61. The van der Waals surface area contributed by atoms with Crippen molar-refractivity contribution in [1.29, 1.82) is 5.26 Å². The van der Waals surface area contributed by atoms with Gasteiger partial charge >= 0.3 is 6.01 Å². The van der Waals surface area contributed by atoms with Crippen molar-refractivity contribution in [1.82, 2.24) is 20.2 Å². The normalized spacial score (nSPS) is 21.9. The molecule has 4 heterocycles. The summed E-state index contributed by atoms with van der Waals surface area (Å²) in [5.74, 6) is 1.21. The van der Waals surface area contributed by atoms with Crippen LogP contribution in [0.25, 0.3) is 10.8 Å². The molecular formula is C29H35N7O2. The maximum atomic E-state index is 10.4. The van der Waals surface area contributed by atoms with Crippen LogP contribution in [0.15, 0.2) is 36.4 Å². The van der Waals surface area contributed by atoms with Crippen molar-refractivity contribution in [3.8, 4) is 17.8 Å². The van der Waals surface area contributed by atoms with E-state index in [-0.39, 0.29) is 11.8 Å². The molecule has 3 aliphatic rings. The molecule has 1 aromatic heterocycles. The number of hydrogen-bond acceptors (Lipinski definition) is 9. The summed E-state index contributed by atoms with van der Waals surface area (Å²) in [4.78, 5) is 16.8. The van der Waals surface area contributed by atoms with Gasteiger partial charge in [0.25, 0.3) is 0 Å². The van der Waals surface area contributed by atoms with E-state index >= 15 is 0 Å². The molecule has 0 saturated carbocycles. The number of benzene rings is 2. The molecule has 0 spiro atoms. The quantitative estimate of drug-likeness (QED) is 0.515. The van der Waals surface area contributed by atoms with Crippen molar-refractivity contribution in [3.63, 3.8) is 0 Å². The number of aromatic hydroxyl groups is 1. The van der Waals surface area contributed by atoms with Crippen molar-refractivity contribution < 1.29 is 9.84 Å². The van der Waals surface area contributed by atoms with E-state index in [0.717, 1.165) is 79.1 Å². The van der Waals surface area contributed by atoms with Gasteiger partial charge in [0.2, 0.25) is 0 Å². The highest BCUT2D eigenvalue weighted by Gasteiger charge is 2.30. The maximum absolute atomic E-state index is 10.4. The molecule has 2 atom stereocenters. The molecule has 0 aliphatic carbocycles. The first-order chi connectivity index (χ1) is 18.6. The Balaban J connectivity index is 1.33. The summed E-state index contributed by atoms with van der Waals surface area (Å²) in [5, 5.41) is 25.3. The lowest BCUT2D eigenvalue weighted by Gasteiger charge is -2.37. The predicted octanol–water partition coefficient (Wildman–Crippen LogP) is 3.06. The van der Waals surface area contributed by atoms with Gasteiger partial charge < -0.3 is 29.9 Å². The van der Waals surface area contributed by atoms with Crippen LogP contribution in [0.1, 0.15) is 30.5 Å². The van der Waals surface area contributed by atoms with Crippen LogP contribution in [-0.2, 0) is 13.0 Å². The van der Waals surface area contributed by atoms with E-state index in [1.165, 1.54) is 6.42 Å². The van der Waals surface area contributed by atoms with E-state index < -0.39 is 0 Å². The summed E-state index contributed by atoms with van der Waals surface area (Å²) in [6.07, 6.45) is 3.58. The minimum absolute atomic E-state index is 0.120. The average molecular weight is 514 g/mol. The Bertz CT molecular complexity index is 1360. The molecule has 0 amide bonds. The van der Waals surface area contributed by atoms with E-state index in [1.807, 2.05) is 30.3 Å². The minimum Gasteiger partial charge on any atom is -0.508 e. The summed E-state index contributed by atoms with van der Waals surface area (Å²) in [5.41, 5.74) is 3.14. The van der Waals surface area contributed by atoms with Gasteiger partial charge in [-0.3, -0.25) is 0 Å². The summed E-state index contributed by atoms with van der Waals surface area (Å²) in [6, 6.07) is 15.1. The van der Waals surface area contributed by atoms with Gasteiger partial charge in [0.15, 0.2) is 0 Å². The number of likely N-dealkylation sites (tertiary alicyclic amines) is 1. The highest BCUT2D eigenvalue weighted by atomic mass is 16.5. The molecule has 3 aliphatic heterocycles. The fraction of sp³-hybridized carbons (Fsp3) is 0.483. The number of rotatable bonds is 6. The number of anilines is 2. The molecule has 3 aromatic rings. The highest BCUT2D eigenvalue weighted by Crippen LogP contribution is 2.36. The Kier molecular flexibility index (Phi) is 6.92. The summed E-state index contributed by atoms with van der Waals surface area (Å²) in [7, 11) is 2.15. The number of nitriles is 1. The monoisotopic (exact) mass is 513 g/mol. The lowest BCUT2D eigenvalue weighted by molar-refractivity contribution is 0.187. The van der Waals surface area contributed by atoms with Gasteiger partial charge in [0, 0.05) is 61.0 Å². The predicted molar refractivity (Wildman–Crippen MR) is 148 cm³/mol. The molecule has 198 valence electrons. The van der Waals surface area contributed by atoms with Crippen LogP contribution in [-0.4, -0.2) is 78.4 Å². The number of hydrogen-bond donors (Lipinski definition) is 2. The molecule has 2 N–H and O–H groups in total. The first-order valence-corrected chi connectivity index (χ1v) is 13.6. The Morgan fingerprint density at radius 3 is 2.89 bits per heavy atom. The first kappa shape index (κ1) is 24.7. The molecule has 2 unspecified atom stereocenters. The van der Waals surface area contributed by atoms with E-state index in [4.69, 9.17) is 14.7 Å². The van der Waals surface area contributed by atoms with Crippen LogP contribution in [0.4, 0.5) is 11.5 Å². The Labute approximate surface area is 223 Å². The van der Waals surface area contributed by atoms with Crippen molar-refractivity contribution in [3.05, 3.63) is 47.7 Å². The molecule has 38 heavy (non-hydrogen) atoms. The van der Waals surface area contributed by atoms with Gasteiger partial charge in [-0.1, -0.05) is 24.3 Å². The number of likely N-dealkylation sites (N-methyl/N-ethyl adjacent to an activating group) is 1. The third-order valence-electron chi connectivity index (χ3n) is 8.16. The number of aromatic nitrogens is 2. The second kappa shape index (κ2) is 10.6. The number of piperazine rings is 1. The smallest absolute Gasteiger partial charge is 0.318 e. The van der Waals surface area contributed by atoms with Crippen LogP contribution in [0.3, 0.4) is 0 Å². The van der Waals surface area contributed by atoms with E-state index in [1.54, 1.807) is 0 Å². The fourth-order valence-corrected chi connectivity index (χ4v) is 6.08. The number of nitrogens with one attached hydrogen (secondary N) is 1. The van der Waals surface area contributed by atoms with Crippen LogP contribution < -0.4 is 19.9 Å². The van der Waals surface area contributed by atoms with Crippen molar-refractivity contribution in [2.45, 2.75) is 44.3 Å². The van der Waals surface area contributed by atoms with Gasteiger partial charge in [-0.25, -0.2) is 0 Å². The van der Waals surface area contributed by atoms with Gasteiger partial charge in [-0.15, -0.1) is 0 Å². The summed E-state index contributed by atoms with van der Waals surface area (Å²) >= 11 is 0. The summed E-state index contributed by atoms with van der Waals surface area (Å²) in [6.45, 7) is 5.48. The molecular weight excluding hydrogens is 478 g/mol. The van der Waals surface area contributed by atoms with Crippen LogP contribution in [0, 0.1) is 11.3 Å². The minimum atomic E-state index is 0.120. The van der Waals surface area contributed by atoms with E-state index in [2.05, 4.69) is 39.2 Å². The van der Waals surface area contributed by atoms with Crippen molar-refractivity contribution in [2.24, 2.45) is 0 Å². The molecule has 2 aromatic carbocycles. The summed E-state index contributed by atoms with van der Waals surface area (Å²) < 4.78 is 6.25. The Morgan fingerprint density at radius 2 is 2.05 bits per heavy atom. The third-order valence-corrected chi connectivity index (χ3v) is 8.16. The second-order valence-electron chi connectivity index (χ2n) is 10.7. The van der Waals surface area contributed by atoms with E-state index in [0.29, 0.717) is 31.6 Å². The topological polar surface area (TPSA) is 101 Å². The fourth-order valence-electron chi connectivity index (χ4n) is 6.08. The van der Waals surface area contributed by atoms with Crippen LogP contribution in [0.2, 0.25) is 0 Å². The number of fused-ring (bicyclic) bond motifs is 2. The second-order valence-corrected chi connectivity index (χ2v) is 10.7. The molecule has 2 saturated heterocycles. The number of ether oxygens (including phenoxy) is 1.